The Bertz CT molecular complexity index is 435. The molecule has 2 rings (SSSR count). The Balaban J connectivity index is 2.50. The molecule has 0 fully saturated rings. The second-order valence-corrected chi connectivity index (χ2v) is 4.83. The summed E-state index contributed by atoms with van der Waals surface area (Å²) < 4.78 is 1.37. The summed E-state index contributed by atoms with van der Waals surface area (Å²) in [6.45, 7) is 2.18. The summed E-state index contributed by atoms with van der Waals surface area (Å²) in [5, 5.41) is 1.35. The van der Waals surface area contributed by atoms with Crippen molar-refractivity contribution in [1.82, 2.24) is 0 Å². The third kappa shape index (κ3) is 1.89. The van der Waals surface area contributed by atoms with Crippen LogP contribution in [0.4, 0.5) is 0 Å². The van der Waals surface area contributed by atoms with Crippen LogP contribution in [0.5, 0.6) is 0 Å². The third-order valence-electron chi connectivity index (χ3n) is 2.24. The van der Waals surface area contributed by atoms with Gasteiger partial charge in [0, 0.05) is 9.58 Å². The molecule has 0 aliphatic carbocycles. The fourth-order valence-corrected chi connectivity index (χ4v) is 2.87. The summed E-state index contributed by atoms with van der Waals surface area (Å²) in [7, 11) is 2.73. The van der Waals surface area contributed by atoms with E-state index in [4.69, 9.17) is 0 Å². The first-order chi connectivity index (χ1) is 6.81. The van der Waals surface area contributed by atoms with Gasteiger partial charge in [-0.2, -0.15) is 0 Å². The molecule has 0 N–H and O–H groups in total. The molecular formula is C12H13PS. The number of hydrogen-bond acceptors (Lipinski definition) is 1. The first-order valence-corrected chi connectivity index (χ1v) is 6.30. The first kappa shape index (κ1) is 9.89. The van der Waals surface area contributed by atoms with Gasteiger partial charge in [-0.25, -0.2) is 0 Å². The molecule has 0 aliphatic heterocycles. The average Bonchev–Trinajstić information content (AvgIpc) is 2.61. The molecule has 1 atom stereocenters. The van der Waals surface area contributed by atoms with E-state index in [1.165, 1.54) is 20.5 Å². The van der Waals surface area contributed by atoms with E-state index in [2.05, 4.69) is 52.6 Å². The topological polar surface area (TPSA) is 0 Å². The molecule has 1 unspecified atom stereocenters. The van der Waals surface area contributed by atoms with Gasteiger partial charge in [0.25, 0.3) is 0 Å². The van der Waals surface area contributed by atoms with E-state index in [9.17, 15) is 0 Å². The maximum absolute atomic E-state index is 2.73. The van der Waals surface area contributed by atoms with Crippen molar-refractivity contribution in [2.24, 2.45) is 0 Å². The molecule has 1 aromatic carbocycles. The van der Waals surface area contributed by atoms with Crippen LogP contribution < -0.4 is 0 Å². The molecule has 1 aromatic heterocycles. The second-order valence-electron chi connectivity index (χ2n) is 3.27. The highest BCUT2D eigenvalue weighted by Gasteiger charge is 2.01. The largest absolute Gasteiger partial charge is 0.136 e. The molecule has 72 valence electrons. The van der Waals surface area contributed by atoms with Gasteiger partial charge in [0.2, 0.25) is 0 Å². The molecule has 2 heteroatoms. The van der Waals surface area contributed by atoms with Crippen molar-refractivity contribution in [2.75, 3.05) is 6.16 Å². The number of hydrogen-bond donors (Lipinski definition) is 0. The van der Waals surface area contributed by atoms with Crippen LogP contribution in [-0.2, 0) is 0 Å². The van der Waals surface area contributed by atoms with E-state index in [1.54, 1.807) is 0 Å². The van der Waals surface area contributed by atoms with Gasteiger partial charge in [0.1, 0.15) is 0 Å². The van der Waals surface area contributed by atoms with Crippen LogP contribution in [0.25, 0.3) is 15.7 Å². The van der Waals surface area contributed by atoms with Crippen LogP contribution in [0, 0.1) is 0 Å². The minimum absolute atomic E-state index is 1.03. The zero-order valence-electron chi connectivity index (χ0n) is 8.16. The predicted molar refractivity (Wildman–Crippen MR) is 70.1 cm³/mol. The maximum Gasteiger partial charge on any atom is 0.0349 e. The smallest absolute Gasteiger partial charge is 0.0349 e. The number of fused-ring (bicyclic) bond motifs is 1. The average molecular weight is 220 g/mol. The summed E-state index contributed by atoms with van der Waals surface area (Å²) in [6.07, 6.45) is 3.27. The molecule has 1 heterocycles. The summed E-state index contributed by atoms with van der Waals surface area (Å²) in [5.74, 6) is 0. The lowest BCUT2D eigenvalue weighted by molar-refractivity contribution is 1.66. The lowest BCUT2D eigenvalue weighted by Crippen LogP contribution is -1.71. The van der Waals surface area contributed by atoms with Crippen molar-refractivity contribution >= 4 is 36.2 Å². The summed E-state index contributed by atoms with van der Waals surface area (Å²) in [6, 6.07) is 10.8. The molecule has 0 spiro atoms. The Kier molecular flexibility index (Phi) is 3.00. The molecule has 0 saturated heterocycles. The Morgan fingerprint density at radius 3 is 2.93 bits per heavy atom. The first-order valence-electron chi connectivity index (χ1n) is 4.67. The molecule has 0 aliphatic rings. The van der Waals surface area contributed by atoms with Crippen molar-refractivity contribution in [1.29, 1.82) is 0 Å². The SMILES string of the molecule is C/C(=C\CP)c1cc2ccccc2s1. The van der Waals surface area contributed by atoms with E-state index in [0.717, 1.165) is 6.16 Å². The van der Waals surface area contributed by atoms with E-state index in [-0.39, 0.29) is 0 Å². The predicted octanol–water partition coefficient (Wildman–Crippen LogP) is 4.18. The van der Waals surface area contributed by atoms with Crippen molar-refractivity contribution in [3.8, 4) is 0 Å². The van der Waals surface area contributed by atoms with Gasteiger partial charge < -0.3 is 0 Å². The summed E-state index contributed by atoms with van der Waals surface area (Å²) in [5.41, 5.74) is 1.38. The Labute approximate surface area is 90.9 Å². The zero-order chi connectivity index (χ0) is 9.97. The lowest BCUT2D eigenvalue weighted by atomic mass is 10.2. The number of allylic oxidation sites excluding steroid dienone is 2. The molecule has 0 radical (unpaired) electrons. The monoisotopic (exact) mass is 220 g/mol. The Hall–Kier alpha value is -0.650. The van der Waals surface area contributed by atoms with Gasteiger partial charge in [-0.1, -0.05) is 24.3 Å². The highest BCUT2D eigenvalue weighted by molar-refractivity contribution is 7.20. The molecule has 0 saturated carbocycles. The molecular weight excluding hydrogens is 207 g/mol. The van der Waals surface area contributed by atoms with Crippen LogP contribution in [0.2, 0.25) is 0 Å². The lowest BCUT2D eigenvalue weighted by Gasteiger charge is -1.93. The third-order valence-corrected chi connectivity index (χ3v) is 3.73. The second kappa shape index (κ2) is 4.25. The fourth-order valence-electron chi connectivity index (χ4n) is 1.45. The van der Waals surface area contributed by atoms with Crippen molar-refractivity contribution in [2.45, 2.75) is 6.92 Å². The van der Waals surface area contributed by atoms with Gasteiger partial charge in [0.05, 0.1) is 0 Å². The van der Waals surface area contributed by atoms with Crippen LogP contribution in [-0.4, -0.2) is 6.16 Å². The minimum atomic E-state index is 1.03. The van der Waals surface area contributed by atoms with Crippen LogP contribution >= 0.6 is 20.6 Å². The van der Waals surface area contributed by atoms with Crippen molar-refractivity contribution in [3.63, 3.8) is 0 Å². The normalized spacial score (nSPS) is 12.3. The Morgan fingerprint density at radius 2 is 2.21 bits per heavy atom. The fraction of sp³-hybridized carbons (Fsp3) is 0.167. The standard InChI is InChI=1S/C12H13PS/c1-9(6-7-13)12-8-10-4-2-3-5-11(10)14-12/h2-6,8H,7,13H2,1H3/b9-6+. The van der Waals surface area contributed by atoms with E-state index in [1.807, 2.05) is 11.3 Å². The Morgan fingerprint density at radius 1 is 1.43 bits per heavy atom. The molecule has 14 heavy (non-hydrogen) atoms. The van der Waals surface area contributed by atoms with E-state index >= 15 is 0 Å². The van der Waals surface area contributed by atoms with Gasteiger partial charge in [-0.3, -0.25) is 0 Å². The zero-order valence-corrected chi connectivity index (χ0v) is 10.1. The maximum atomic E-state index is 2.73. The quantitative estimate of drug-likeness (QED) is 0.666. The number of rotatable bonds is 2. The van der Waals surface area contributed by atoms with Crippen LogP contribution in [0.15, 0.2) is 36.4 Å². The number of thiophene rings is 1. The van der Waals surface area contributed by atoms with Crippen LogP contribution in [0.3, 0.4) is 0 Å². The van der Waals surface area contributed by atoms with Crippen LogP contribution in [0.1, 0.15) is 11.8 Å². The molecule has 2 aromatic rings. The van der Waals surface area contributed by atoms with Crippen molar-refractivity contribution < 1.29 is 0 Å². The molecule has 0 bridgehead atoms. The summed E-state index contributed by atoms with van der Waals surface area (Å²) in [4.78, 5) is 1.38. The van der Waals surface area contributed by atoms with Gasteiger partial charge in [-0.05, 0) is 36.2 Å². The minimum Gasteiger partial charge on any atom is -0.136 e. The van der Waals surface area contributed by atoms with Crippen molar-refractivity contribution in [3.05, 3.63) is 41.3 Å². The van der Waals surface area contributed by atoms with Gasteiger partial charge in [0.15, 0.2) is 0 Å². The molecule has 0 amide bonds. The van der Waals surface area contributed by atoms with Gasteiger partial charge >= 0.3 is 0 Å². The number of benzene rings is 1. The molecule has 0 nitrogen and oxygen atoms in total. The highest BCUT2D eigenvalue weighted by atomic mass is 32.1. The van der Waals surface area contributed by atoms with Gasteiger partial charge in [-0.15, -0.1) is 20.6 Å². The summed E-state index contributed by atoms with van der Waals surface area (Å²) >= 11 is 1.87. The highest BCUT2D eigenvalue weighted by Crippen LogP contribution is 2.30. The van der Waals surface area contributed by atoms with E-state index < -0.39 is 0 Å². The van der Waals surface area contributed by atoms with E-state index in [0.29, 0.717) is 0 Å².